The molecule has 5 heteroatoms. The Bertz CT molecular complexity index is 585. The minimum atomic E-state index is -0.0532. The predicted molar refractivity (Wildman–Crippen MR) is 83.2 cm³/mol. The molecule has 0 fully saturated rings. The van der Waals surface area contributed by atoms with Crippen molar-refractivity contribution < 1.29 is 9.53 Å². The molecule has 0 unspecified atom stereocenters. The highest BCUT2D eigenvalue weighted by molar-refractivity contribution is 8.00. The Morgan fingerprint density at radius 3 is 2.65 bits per heavy atom. The Morgan fingerprint density at radius 2 is 2.00 bits per heavy atom. The Hall–Kier alpha value is -2.14. The summed E-state index contributed by atoms with van der Waals surface area (Å²) < 4.78 is 5.06. The molecule has 2 rings (SSSR count). The number of benzene rings is 2. The summed E-state index contributed by atoms with van der Waals surface area (Å²) in [4.78, 5) is 12.8. The van der Waals surface area contributed by atoms with Crippen LogP contribution in [-0.4, -0.2) is 18.8 Å². The lowest BCUT2D eigenvalue weighted by atomic mass is 10.3. The first-order valence-corrected chi connectivity index (χ1v) is 7.08. The van der Waals surface area contributed by atoms with Crippen LogP contribution in [0.1, 0.15) is 0 Å². The molecule has 0 atom stereocenters. The molecular weight excluding hydrogens is 272 g/mol. The molecule has 3 N–H and O–H groups in total. The number of ether oxygens (including phenoxy) is 1. The summed E-state index contributed by atoms with van der Waals surface area (Å²) in [5.41, 5.74) is 7.14. The normalized spacial score (nSPS) is 10.1. The monoisotopic (exact) mass is 288 g/mol. The van der Waals surface area contributed by atoms with Crippen molar-refractivity contribution in [2.45, 2.75) is 4.90 Å². The van der Waals surface area contributed by atoms with E-state index in [1.807, 2.05) is 36.4 Å². The van der Waals surface area contributed by atoms with Gasteiger partial charge in [0.15, 0.2) is 0 Å². The van der Waals surface area contributed by atoms with E-state index >= 15 is 0 Å². The standard InChI is InChI=1S/C15H16N2O2S/c1-19-13-7-5-12(6-8-13)17-15(18)10-20-14-4-2-3-11(16)9-14/h2-9H,10,16H2,1H3,(H,17,18). The number of hydrogen-bond acceptors (Lipinski definition) is 4. The lowest BCUT2D eigenvalue weighted by Crippen LogP contribution is -2.13. The first kappa shape index (κ1) is 14.3. The van der Waals surface area contributed by atoms with Crippen LogP contribution in [0.5, 0.6) is 5.75 Å². The third-order valence-electron chi connectivity index (χ3n) is 2.60. The van der Waals surface area contributed by atoms with Crippen molar-refractivity contribution in [2.24, 2.45) is 0 Å². The molecule has 2 aromatic carbocycles. The van der Waals surface area contributed by atoms with Crippen molar-refractivity contribution in [3.63, 3.8) is 0 Å². The van der Waals surface area contributed by atoms with E-state index in [1.165, 1.54) is 11.8 Å². The summed E-state index contributed by atoms with van der Waals surface area (Å²) >= 11 is 1.45. The van der Waals surface area contributed by atoms with E-state index in [4.69, 9.17) is 10.5 Å². The second kappa shape index (κ2) is 6.86. The van der Waals surface area contributed by atoms with E-state index in [0.29, 0.717) is 11.4 Å². The Kier molecular flexibility index (Phi) is 4.90. The van der Waals surface area contributed by atoms with Crippen LogP contribution in [0.25, 0.3) is 0 Å². The van der Waals surface area contributed by atoms with Crippen molar-refractivity contribution in [2.75, 3.05) is 23.9 Å². The van der Waals surface area contributed by atoms with E-state index in [1.54, 1.807) is 19.2 Å². The summed E-state index contributed by atoms with van der Waals surface area (Å²) in [7, 11) is 1.61. The third kappa shape index (κ3) is 4.20. The molecule has 0 bridgehead atoms. The van der Waals surface area contributed by atoms with Gasteiger partial charge in [-0.25, -0.2) is 0 Å². The lowest BCUT2D eigenvalue weighted by molar-refractivity contribution is -0.113. The highest BCUT2D eigenvalue weighted by Gasteiger charge is 2.04. The number of hydrogen-bond donors (Lipinski definition) is 2. The average molecular weight is 288 g/mol. The first-order valence-electron chi connectivity index (χ1n) is 6.09. The molecule has 0 radical (unpaired) electrons. The molecule has 0 aliphatic carbocycles. The molecule has 0 spiro atoms. The van der Waals surface area contributed by atoms with Crippen LogP contribution in [-0.2, 0) is 4.79 Å². The second-order valence-corrected chi connectivity index (χ2v) is 5.19. The van der Waals surface area contributed by atoms with Crippen molar-refractivity contribution in [3.05, 3.63) is 48.5 Å². The Balaban J connectivity index is 1.85. The number of nitrogens with two attached hydrogens (primary N) is 1. The van der Waals surface area contributed by atoms with Crippen molar-refractivity contribution >= 4 is 29.0 Å². The average Bonchev–Trinajstić information content (AvgIpc) is 2.46. The zero-order chi connectivity index (χ0) is 14.4. The minimum Gasteiger partial charge on any atom is -0.497 e. The number of methoxy groups -OCH3 is 1. The third-order valence-corrected chi connectivity index (χ3v) is 3.60. The van der Waals surface area contributed by atoms with Gasteiger partial charge in [0.05, 0.1) is 12.9 Å². The molecule has 20 heavy (non-hydrogen) atoms. The van der Waals surface area contributed by atoms with Crippen LogP contribution in [0.4, 0.5) is 11.4 Å². The smallest absolute Gasteiger partial charge is 0.234 e. The second-order valence-electron chi connectivity index (χ2n) is 4.14. The van der Waals surface area contributed by atoms with Crippen molar-refractivity contribution in [1.29, 1.82) is 0 Å². The number of carbonyl (C=O) groups excluding carboxylic acids is 1. The molecule has 104 valence electrons. The molecule has 0 aromatic heterocycles. The summed E-state index contributed by atoms with van der Waals surface area (Å²) in [5.74, 6) is 1.05. The summed E-state index contributed by atoms with van der Waals surface area (Å²) in [6.07, 6.45) is 0. The zero-order valence-electron chi connectivity index (χ0n) is 11.1. The number of carbonyl (C=O) groups is 1. The summed E-state index contributed by atoms with van der Waals surface area (Å²) in [6.45, 7) is 0. The van der Waals surface area contributed by atoms with Gasteiger partial charge in [0.2, 0.25) is 5.91 Å². The molecule has 2 aromatic rings. The molecule has 0 saturated heterocycles. The van der Waals surface area contributed by atoms with Crippen molar-refractivity contribution in [3.8, 4) is 5.75 Å². The summed E-state index contributed by atoms with van der Waals surface area (Å²) in [6, 6.07) is 14.7. The van der Waals surface area contributed by atoms with Crippen LogP contribution >= 0.6 is 11.8 Å². The molecule has 0 heterocycles. The fourth-order valence-corrected chi connectivity index (χ4v) is 2.39. The highest BCUT2D eigenvalue weighted by Crippen LogP contribution is 2.21. The molecule has 0 saturated carbocycles. The molecule has 0 aliphatic heterocycles. The number of rotatable bonds is 5. The number of thioether (sulfide) groups is 1. The SMILES string of the molecule is COc1ccc(NC(=O)CSc2cccc(N)c2)cc1. The quantitative estimate of drug-likeness (QED) is 0.655. The van der Waals surface area contributed by atoms with Gasteiger partial charge in [-0.3, -0.25) is 4.79 Å². The number of amides is 1. The van der Waals surface area contributed by atoms with Crippen molar-refractivity contribution in [1.82, 2.24) is 0 Å². The Labute approximate surface area is 122 Å². The van der Waals surface area contributed by atoms with Gasteiger partial charge < -0.3 is 15.8 Å². The van der Waals surface area contributed by atoms with Crippen LogP contribution in [0.3, 0.4) is 0 Å². The number of nitrogen functional groups attached to an aromatic ring is 1. The summed E-state index contributed by atoms with van der Waals surface area (Å²) in [5, 5.41) is 2.83. The van der Waals surface area contributed by atoms with E-state index < -0.39 is 0 Å². The van der Waals surface area contributed by atoms with E-state index in [9.17, 15) is 4.79 Å². The van der Waals surface area contributed by atoms with Gasteiger partial charge >= 0.3 is 0 Å². The number of nitrogens with one attached hydrogen (secondary N) is 1. The Morgan fingerprint density at radius 1 is 1.25 bits per heavy atom. The molecule has 1 amide bonds. The van der Waals surface area contributed by atoms with Crippen LogP contribution in [0.15, 0.2) is 53.4 Å². The minimum absolute atomic E-state index is 0.0532. The van der Waals surface area contributed by atoms with Gasteiger partial charge in [-0.15, -0.1) is 11.8 Å². The van der Waals surface area contributed by atoms with Crippen LogP contribution in [0.2, 0.25) is 0 Å². The largest absolute Gasteiger partial charge is 0.497 e. The van der Waals surface area contributed by atoms with Gasteiger partial charge in [0.25, 0.3) is 0 Å². The van der Waals surface area contributed by atoms with Gasteiger partial charge in [-0.2, -0.15) is 0 Å². The van der Waals surface area contributed by atoms with Crippen LogP contribution in [0, 0.1) is 0 Å². The molecule has 4 nitrogen and oxygen atoms in total. The van der Waals surface area contributed by atoms with Gasteiger partial charge in [0.1, 0.15) is 5.75 Å². The van der Waals surface area contributed by atoms with Gasteiger partial charge in [-0.1, -0.05) is 6.07 Å². The maximum atomic E-state index is 11.8. The fourth-order valence-electron chi connectivity index (χ4n) is 1.62. The van der Waals surface area contributed by atoms with E-state index in [-0.39, 0.29) is 5.91 Å². The predicted octanol–water partition coefficient (Wildman–Crippen LogP) is 3.01. The van der Waals surface area contributed by atoms with E-state index in [0.717, 1.165) is 16.3 Å². The van der Waals surface area contributed by atoms with Crippen LogP contribution < -0.4 is 15.8 Å². The van der Waals surface area contributed by atoms with Gasteiger partial charge in [0, 0.05) is 16.3 Å². The fraction of sp³-hybridized carbons (Fsp3) is 0.133. The topological polar surface area (TPSA) is 64.3 Å². The first-order chi connectivity index (χ1) is 9.67. The molecular formula is C15H16N2O2S. The molecule has 0 aliphatic rings. The maximum Gasteiger partial charge on any atom is 0.234 e. The van der Waals surface area contributed by atoms with E-state index in [2.05, 4.69) is 5.32 Å². The number of anilines is 2. The van der Waals surface area contributed by atoms with Gasteiger partial charge in [-0.05, 0) is 42.5 Å². The zero-order valence-corrected chi connectivity index (χ0v) is 11.9. The lowest BCUT2D eigenvalue weighted by Gasteiger charge is -2.06. The highest BCUT2D eigenvalue weighted by atomic mass is 32.2. The maximum absolute atomic E-state index is 11.8.